The van der Waals surface area contributed by atoms with Gasteiger partial charge in [-0.25, -0.2) is 9.18 Å². The van der Waals surface area contributed by atoms with E-state index >= 15 is 0 Å². The van der Waals surface area contributed by atoms with E-state index < -0.39 is 17.3 Å². The van der Waals surface area contributed by atoms with Gasteiger partial charge < -0.3 is 10.5 Å². The normalized spacial score (nSPS) is 11.0. The minimum Gasteiger partial charge on any atom is -0.467 e. The quantitative estimate of drug-likeness (QED) is 0.691. The highest BCUT2D eigenvalue weighted by atomic mass is 19.1. The van der Waals surface area contributed by atoms with Gasteiger partial charge in [0.2, 0.25) is 0 Å². The summed E-state index contributed by atoms with van der Waals surface area (Å²) >= 11 is 0. The Bertz CT molecular complexity index is 774. The molecule has 7 heteroatoms. The number of aromatic nitrogens is 2. The fourth-order valence-corrected chi connectivity index (χ4v) is 2.11. The summed E-state index contributed by atoms with van der Waals surface area (Å²) in [6.07, 6.45) is 2.88. The van der Waals surface area contributed by atoms with Crippen LogP contribution in [0.2, 0.25) is 0 Å². The lowest BCUT2D eigenvalue weighted by Gasteiger charge is -2.21. The molecule has 0 bridgehead atoms. The molecule has 1 aromatic carbocycles. The van der Waals surface area contributed by atoms with Gasteiger partial charge in [0.05, 0.1) is 24.9 Å². The molecule has 22 heavy (non-hydrogen) atoms. The maximum Gasteiger partial charge on any atom is 0.333 e. The van der Waals surface area contributed by atoms with Gasteiger partial charge in [-0.1, -0.05) is 0 Å². The van der Waals surface area contributed by atoms with E-state index in [1.165, 1.54) is 30.3 Å². The van der Waals surface area contributed by atoms with Crippen LogP contribution < -0.4 is 5.73 Å². The number of benzene rings is 1. The molecule has 1 aromatic heterocycles. The fraction of sp³-hybridized carbons (Fsp3) is 0.267. The predicted octanol–water partition coefficient (Wildman–Crippen LogP) is 2.05. The molecule has 0 fully saturated rings. The number of rotatable bonds is 3. The van der Waals surface area contributed by atoms with Gasteiger partial charge in [0.1, 0.15) is 5.82 Å². The highest BCUT2D eigenvalue weighted by molar-refractivity contribution is 5.78. The van der Waals surface area contributed by atoms with E-state index in [0.29, 0.717) is 5.56 Å². The van der Waals surface area contributed by atoms with Crippen LogP contribution in [-0.4, -0.2) is 22.9 Å². The predicted molar refractivity (Wildman–Crippen MR) is 78.1 cm³/mol. The summed E-state index contributed by atoms with van der Waals surface area (Å²) in [5.41, 5.74) is 5.24. The molecule has 0 unspecified atom stereocenters. The third-order valence-electron chi connectivity index (χ3n) is 3.36. The zero-order chi connectivity index (χ0) is 16.5. The largest absolute Gasteiger partial charge is 0.467 e. The van der Waals surface area contributed by atoms with Crippen LogP contribution in [0.1, 0.15) is 19.4 Å². The molecule has 0 saturated heterocycles. The van der Waals surface area contributed by atoms with Crippen LogP contribution in [0.25, 0.3) is 11.1 Å². The molecule has 2 aromatic rings. The topological polar surface area (TPSA) is 93.9 Å². The first-order valence-corrected chi connectivity index (χ1v) is 6.44. The van der Waals surface area contributed by atoms with E-state index in [9.17, 15) is 9.18 Å². The number of carbonyl (C=O) groups is 1. The van der Waals surface area contributed by atoms with Gasteiger partial charge in [0, 0.05) is 23.0 Å². The lowest BCUT2D eigenvalue weighted by Crippen LogP contribution is -2.37. The van der Waals surface area contributed by atoms with Crippen molar-refractivity contribution in [2.45, 2.75) is 19.4 Å². The van der Waals surface area contributed by atoms with Gasteiger partial charge in [-0.2, -0.15) is 10.4 Å². The summed E-state index contributed by atoms with van der Waals surface area (Å²) in [7, 11) is 1.28. The summed E-state index contributed by atoms with van der Waals surface area (Å²) in [6.45, 7) is 3.25. The number of nitriles is 1. The Morgan fingerprint density at radius 2 is 2.18 bits per heavy atom. The smallest absolute Gasteiger partial charge is 0.333 e. The molecule has 0 aliphatic heterocycles. The Hall–Kier alpha value is -2.88. The van der Waals surface area contributed by atoms with Crippen molar-refractivity contribution in [3.63, 3.8) is 0 Å². The molecule has 0 amide bonds. The molecule has 0 spiro atoms. The van der Waals surface area contributed by atoms with Crippen LogP contribution in [0.15, 0.2) is 24.5 Å². The molecule has 6 nitrogen and oxygen atoms in total. The lowest BCUT2D eigenvalue weighted by molar-refractivity contribution is -0.150. The second-order valence-corrected chi connectivity index (χ2v) is 5.26. The van der Waals surface area contributed by atoms with Crippen molar-refractivity contribution < 1.29 is 13.9 Å². The average Bonchev–Trinajstić information content (AvgIpc) is 2.95. The van der Waals surface area contributed by atoms with E-state index in [4.69, 9.17) is 15.7 Å². The third kappa shape index (κ3) is 2.51. The maximum atomic E-state index is 14.2. The van der Waals surface area contributed by atoms with Crippen molar-refractivity contribution in [3.05, 3.63) is 35.9 Å². The van der Waals surface area contributed by atoms with Crippen LogP contribution in [0.3, 0.4) is 0 Å². The molecule has 0 radical (unpaired) electrons. The fourth-order valence-electron chi connectivity index (χ4n) is 2.11. The van der Waals surface area contributed by atoms with Gasteiger partial charge in [-0.3, -0.25) is 4.68 Å². The molecule has 0 aliphatic carbocycles. The van der Waals surface area contributed by atoms with E-state index in [1.54, 1.807) is 13.8 Å². The lowest BCUT2D eigenvalue weighted by atomic mass is 10.0. The number of esters is 1. The molecule has 0 atom stereocenters. The number of hydrogen-bond acceptors (Lipinski definition) is 5. The zero-order valence-corrected chi connectivity index (χ0v) is 12.4. The first-order chi connectivity index (χ1) is 10.3. The van der Waals surface area contributed by atoms with Gasteiger partial charge in [-0.15, -0.1) is 0 Å². The number of anilines is 1. The van der Waals surface area contributed by atoms with E-state index in [0.717, 1.165) is 6.07 Å². The molecule has 114 valence electrons. The number of hydrogen-bond donors (Lipinski definition) is 1. The standard InChI is InChI=1S/C15H15FN4O2/c1-15(2,14(21)22-3)20-8-10(7-19-20)13-9(6-17)4-11(18)5-12(13)16/h4-5,7-8H,18H2,1-3H3. The second-order valence-electron chi connectivity index (χ2n) is 5.26. The van der Waals surface area contributed by atoms with Crippen molar-refractivity contribution in [2.75, 3.05) is 12.8 Å². The number of nitrogens with zero attached hydrogens (tertiary/aromatic N) is 3. The molecular formula is C15H15FN4O2. The molecule has 0 aliphatic rings. The monoisotopic (exact) mass is 302 g/mol. The first-order valence-electron chi connectivity index (χ1n) is 6.44. The summed E-state index contributed by atoms with van der Waals surface area (Å²) in [5, 5.41) is 13.2. The van der Waals surface area contributed by atoms with E-state index in [1.807, 2.05) is 6.07 Å². The Morgan fingerprint density at radius 3 is 2.77 bits per heavy atom. The van der Waals surface area contributed by atoms with Gasteiger partial charge in [0.15, 0.2) is 5.54 Å². The summed E-state index contributed by atoms with van der Waals surface area (Å²) in [6, 6.07) is 4.44. The number of nitrogens with two attached hydrogens (primary N) is 1. The number of methoxy groups -OCH3 is 1. The van der Waals surface area contributed by atoms with Crippen molar-refractivity contribution in [2.24, 2.45) is 0 Å². The van der Waals surface area contributed by atoms with E-state index in [2.05, 4.69) is 5.10 Å². The number of nitrogen functional groups attached to an aromatic ring is 1. The van der Waals surface area contributed by atoms with Crippen molar-refractivity contribution in [1.29, 1.82) is 5.26 Å². The number of carbonyl (C=O) groups excluding carboxylic acids is 1. The van der Waals surface area contributed by atoms with Gasteiger partial charge >= 0.3 is 5.97 Å². The number of halogens is 1. The highest BCUT2D eigenvalue weighted by Crippen LogP contribution is 2.30. The maximum absolute atomic E-state index is 14.2. The van der Waals surface area contributed by atoms with Crippen LogP contribution in [0.5, 0.6) is 0 Å². The number of ether oxygens (including phenoxy) is 1. The Labute approximate surface area is 126 Å². The van der Waals surface area contributed by atoms with Crippen molar-refractivity contribution in [3.8, 4) is 17.2 Å². The Balaban J connectivity index is 2.55. The SMILES string of the molecule is COC(=O)C(C)(C)n1cc(-c2c(F)cc(N)cc2C#N)cn1. The van der Waals surface area contributed by atoms with Crippen molar-refractivity contribution in [1.82, 2.24) is 9.78 Å². The van der Waals surface area contributed by atoms with Crippen LogP contribution in [0.4, 0.5) is 10.1 Å². The van der Waals surface area contributed by atoms with Gasteiger partial charge in [0.25, 0.3) is 0 Å². The van der Waals surface area contributed by atoms with Crippen LogP contribution in [0, 0.1) is 17.1 Å². The van der Waals surface area contributed by atoms with Crippen LogP contribution >= 0.6 is 0 Å². The summed E-state index contributed by atoms with van der Waals surface area (Å²) in [5.74, 6) is -1.10. The Morgan fingerprint density at radius 1 is 1.50 bits per heavy atom. The molecule has 2 N–H and O–H groups in total. The van der Waals surface area contributed by atoms with Crippen LogP contribution in [-0.2, 0) is 15.1 Å². The zero-order valence-electron chi connectivity index (χ0n) is 12.4. The van der Waals surface area contributed by atoms with Gasteiger partial charge in [-0.05, 0) is 26.0 Å². The minimum absolute atomic E-state index is 0.101. The molecule has 2 rings (SSSR count). The summed E-state index contributed by atoms with van der Waals surface area (Å²) < 4.78 is 20.2. The minimum atomic E-state index is -1.05. The summed E-state index contributed by atoms with van der Waals surface area (Å²) in [4.78, 5) is 11.8. The second kappa shape index (κ2) is 5.48. The molecule has 0 saturated carbocycles. The highest BCUT2D eigenvalue weighted by Gasteiger charge is 2.32. The first kappa shape index (κ1) is 15.5. The van der Waals surface area contributed by atoms with Crippen molar-refractivity contribution >= 4 is 11.7 Å². The third-order valence-corrected chi connectivity index (χ3v) is 3.36. The van der Waals surface area contributed by atoms with E-state index in [-0.39, 0.29) is 16.8 Å². The Kier molecular flexibility index (Phi) is 3.87. The molecular weight excluding hydrogens is 287 g/mol. The molecule has 1 heterocycles. The average molecular weight is 302 g/mol.